The summed E-state index contributed by atoms with van der Waals surface area (Å²) >= 11 is 0. The highest BCUT2D eigenvalue weighted by atomic mass is 32.2. The SMILES string of the molecule is CC(C)(COCn1ccc(=O)[nH]c1=O)CS(C)(=O)=O. The zero-order valence-electron chi connectivity index (χ0n) is 11.2. The fraction of sp³-hybridized carbons (Fsp3) is 0.636. The number of aromatic nitrogens is 2. The van der Waals surface area contributed by atoms with Crippen LogP contribution in [0.15, 0.2) is 21.9 Å². The number of hydrogen-bond acceptors (Lipinski definition) is 5. The minimum atomic E-state index is -3.09. The van der Waals surface area contributed by atoms with Gasteiger partial charge >= 0.3 is 5.69 Å². The molecule has 1 heterocycles. The van der Waals surface area contributed by atoms with Crippen molar-refractivity contribution in [1.29, 1.82) is 0 Å². The summed E-state index contributed by atoms with van der Waals surface area (Å²) in [6.07, 6.45) is 2.49. The van der Waals surface area contributed by atoms with Crippen molar-refractivity contribution in [2.24, 2.45) is 5.41 Å². The molecule has 0 unspecified atom stereocenters. The van der Waals surface area contributed by atoms with Crippen molar-refractivity contribution >= 4 is 9.84 Å². The highest BCUT2D eigenvalue weighted by Gasteiger charge is 2.23. The van der Waals surface area contributed by atoms with Gasteiger partial charge in [-0.25, -0.2) is 13.2 Å². The average molecular weight is 290 g/mol. The lowest BCUT2D eigenvalue weighted by molar-refractivity contribution is 0.0262. The molecule has 0 saturated carbocycles. The lowest BCUT2D eigenvalue weighted by Gasteiger charge is -2.23. The molecule has 7 nitrogen and oxygen atoms in total. The first-order valence-corrected chi connectivity index (χ1v) is 7.70. The zero-order chi connectivity index (χ0) is 14.7. The Kier molecular flexibility index (Phi) is 4.70. The first-order valence-electron chi connectivity index (χ1n) is 5.64. The molecule has 108 valence electrons. The van der Waals surface area contributed by atoms with E-state index in [1.807, 2.05) is 0 Å². The van der Waals surface area contributed by atoms with Crippen molar-refractivity contribution < 1.29 is 13.2 Å². The quantitative estimate of drug-likeness (QED) is 0.767. The molecule has 0 atom stereocenters. The number of aromatic amines is 1. The molecular weight excluding hydrogens is 272 g/mol. The number of H-pyrrole nitrogens is 1. The summed E-state index contributed by atoms with van der Waals surface area (Å²) in [6, 6.07) is 1.21. The second-order valence-electron chi connectivity index (χ2n) is 5.29. The van der Waals surface area contributed by atoms with Gasteiger partial charge in [0.25, 0.3) is 5.56 Å². The lowest BCUT2D eigenvalue weighted by Crippen LogP contribution is -2.32. The molecule has 8 heteroatoms. The topological polar surface area (TPSA) is 98.2 Å². The van der Waals surface area contributed by atoms with Gasteiger partial charge in [-0.15, -0.1) is 0 Å². The van der Waals surface area contributed by atoms with Gasteiger partial charge in [0.2, 0.25) is 0 Å². The number of hydrogen-bond donors (Lipinski definition) is 1. The van der Waals surface area contributed by atoms with Crippen molar-refractivity contribution in [3.8, 4) is 0 Å². The maximum absolute atomic E-state index is 11.4. The van der Waals surface area contributed by atoms with Crippen LogP contribution in [0.3, 0.4) is 0 Å². The lowest BCUT2D eigenvalue weighted by atomic mass is 9.98. The minimum Gasteiger partial charge on any atom is -0.360 e. The van der Waals surface area contributed by atoms with Gasteiger partial charge < -0.3 is 4.74 Å². The van der Waals surface area contributed by atoms with E-state index in [0.29, 0.717) is 0 Å². The summed E-state index contributed by atoms with van der Waals surface area (Å²) in [7, 11) is -3.09. The van der Waals surface area contributed by atoms with E-state index in [1.54, 1.807) is 13.8 Å². The smallest absolute Gasteiger partial charge is 0.330 e. The van der Waals surface area contributed by atoms with E-state index < -0.39 is 26.5 Å². The molecule has 0 radical (unpaired) electrons. The molecule has 0 aliphatic heterocycles. The molecular formula is C11H18N2O5S. The molecule has 0 bridgehead atoms. The van der Waals surface area contributed by atoms with Crippen molar-refractivity contribution in [2.75, 3.05) is 18.6 Å². The molecule has 19 heavy (non-hydrogen) atoms. The van der Waals surface area contributed by atoms with Crippen LogP contribution < -0.4 is 11.2 Å². The molecule has 0 amide bonds. The van der Waals surface area contributed by atoms with E-state index in [1.165, 1.54) is 23.1 Å². The van der Waals surface area contributed by atoms with E-state index >= 15 is 0 Å². The summed E-state index contributed by atoms with van der Waals surface area (Å²) in [5.74, 6) is 0.000518. The van der Waals surface area contributed by atoms with Crippen LogP contribution in [0.2, 0.25) is 0 Å². The highest BCUT2D eigenvalue weighted by Crippen LogP contribution is 2.17. The van der Waals surface area contributed by atoms with Crippen LogP contribution in [0.25, 0.3) is 0 Å². The fourth-order valence-electron chi connectivity index (χ4n) is 1.72. The maximum atomic E-state index is 11.4. The second kappa shape index (κ2) is 5.70. The number of ether oxygens (including phenoxy) is 1. The molecule has 1 N–H and O–H groups in total. The Morgan fingerprint density at radius 3 is 2.53 bits per heavy atom. The van der Waals surface area contributed by atoms with Crippen LogP contribution in [0.1, 0.15) is 13.8 Å². The van der Waals surface area contributed by atoms with E-state index in [2.05, 4.69) is 4.98 Å². The van der Waals surface area contributed by atoms with Gasteiger partial charge in [0.05, 0.1) is 12.4 Å². The Labute approximate surface area is 111 Å². The van der Waals surface area contributed by atoms with Crippen LogP contribution in [-0.4, -0.2) is 36.6 Å². The average Bonchev–Trinajstić information content (AvgIpc) is 2.17. The molecule has 0 saturated heterocycles. The molecule has 0 aliphatic carbocycles. The summed E-state index contributed by atoms with van der Waals surface area (Å²) < 4.78 is 29.0. The number of rotatable bonds is 6. The van der Waals surface area contributed by atoms with Crippen LogP contribution in [0, 0.1) is 5.41 Å². The molecule has 0 spiro atoms. The maximum Gasteiger partial charge on any atom is 0.330 e. The summed E-state index contributed by atoms with van der Waals surface area (Å²) in [4.78, 5) is 24.3. The van der Waals surface area contributed by atoms with Crippen molar-refractivity contribution in [3.63, 3.8) is 0 Å². The van der Waals surface area contributed by atoms with Crippen LogP contribution in [0.4, 0.5) is 0 Å². The van der Waals surface area contributed by atoms with Crippen LogP contribution in [-0.2, 0) is 21.3 Å². The summed E-state index contributed by atoms with van der Waals surface area (Å²) in [6.45, 7) is 3.68. The standard InChI is InChI=1S/C11H18N2O5S/c1-11(2,7-19(3,16)17)6-18-8-13-5-4-9(14)12-10(13)15/h4-5H,6-8H2,1-3H3,(H,12,14,15). The number of nitrogens with zero attached hydrogens (tertiary/aromatic N) is 1. The zero-order valence-corrected chi connectivity index (χ0v) is 12.0. The Bertz CT molecular complexity index is 642. The molecule has 0 fully saturated rings. The summed E-state index contributed by atoms with van der Waals surface area (Å²) in [5.41, 5.74) is -1.58. The van der Waals surface area contributed by atoms with Gasteiger partial charge in [0, 0.05) is 23.9 Å². The minimum absolute atomic E-state index is 0.000518. The second-order valence-corrected chi connectivity index (χ2v) is 7.43. The van der Waals surface area contributed by atoms with Gasteiger partial charge in [-0.05, 0) is 0 Å². The van der Waals surface area contributed by atoms with E-state index in [-0.39, 0.29) is 19.1 Å². The monoisotopic (exact) mass is 290 g/mol. The van der Waals surface area contributed by atoms with Gasteiger partial charge in [0.1, 0.15) is 16.6 Å². The van der Waals surface area contributed by atoms with Crippen LogP contribution >= 0.6 is 0 Å². The van der Waals surface area contributed by atoms with Crippen LogP contribution in [0.5, 0.6) is 0 Å². The molecule has 0 aliphatic rings. The Morgan fingerprint density at radius 2 is 2.00 bits per heavy atom. The highest BCUT2D eigenvalue weighted by molar-refractivity contribution is 7.90. The fourth-order valence-corrected chi connectivity index (χ4v) is 3.22. The van der Waals surface area contributed by atoms with Crippen molar-refractivity contribution in [3.05, 3.63) is 33.1 Å². The summed E-state index contributed by atoms with van der Waals surface area (Å²) in [5, 5.41) is 0. The first-order chi connectivity index (χ1) is 8.59. The Balaban J connectivity index is 2.59. The third kappa shape index (κ3) is 5.84. The molecule has 1 aromatic heterocycles. The third-order valence-electron chi connectivity index (χ3n) is 2.27. The van der Waals surface area contributed by atoms with E-state index in [9.17, 15) is 18.0 Å². The van der Waals surface area contributed by atoms with Gasteiger partial charge in [-0.2, -0.15) is 0 Å². The van der Waals surface area contributed by atoms with Gasteiger partial charge in [-0.3, -0.25) is 14.3 Å². The molecule has 1 rings (SSSR count). The molecule has 1 aromatic rings. The van der Waals surface area contributed by atoms with Gasteiger partial charge in [0.15, 0.2) is 0 Å². The Hall–Kier alpha value is -1.41. The number of nitrogens with one attached hydrogen (secondary N) is 1. The van der Waals surface area contributed by atoms with Gasteiger partial charge in [-0.1, -0.05) is 13.8 Å². The van der Waals surface area contributed by atoms with E-state index in [4.69, 9.17) is 4.74 Å². The third-order valence-corrected chi connectivity index (χ3v) is 3.58. The normalized spacial score (nSPS) is 12.6. The number of sulfone groups is 1. The molecule has 0 aromatic carbocycles. The predicted octanol–water partition coefficient (Wildman–Crippen LogP) is -0.418. The van der Waals surface area contributed by atoms with E-state index in [0.717, 1.165) is 0 Å². The van der Waals surface area contributed by atoms with Crippen molar-refractivity contribution in [1.82, 2.24) is 9.55 Å². The predicted molar refractivity (Wildman–Crippen MR) is 70.8 cm³/mol. The first kappa shape index (κ1) is 15.6. The Morgan fingerprint density at radius 1 is 1.37 bits per heavy atom. The largest absolute Gasteiger partial charge is 0.360 e. The van der Waals surface area contributed by atoms with Crippen molar-refractivity contribution in [2.45, 2.75) is 20.6 Å².